The Labute approximate surface area is 335 Å². The molecule has 12 nitrogen and oxygen atoms in total. The van der Waals surface area contributed by atoms with Crippen molar-refractivity contribution in [3.05, 3.63) is 102 Å². The highest BCUT2D eigenvalue weighted by molar-refractivity contribution is 5.87. The first kappa shape index (κ1) is 38.9. The van der Waals surface area contributed by atoms with Gasteiger partial charge < -0.3 is 30.2 Å². The number of alkyl carbamates (subject to hydrolysis) is 1. The van der Waals surface area contributed by atoms with E-state index in [2.05, 4.69) is 35.6 Å². The number of rotatable bonds is 9. The smallest absolute Gasteiger partial charge is 0.407 e. The van der Waals surface area contributed by atoms with Gasteiger partial charge in [-0.05, 0) is 84.7 Å². The van der Waals surface area contributed by atoms with E-state index >= 15 is 8.78 Å². The summed E-state index contributed by atoms with van der Waals surface area (Å²) in [5, 5.41) is 5.68. The number of imidazole rings is 2. The van der Waals surface area contributed by atoms with E-state index in [1.165, 1.54) is 44.8 Å². The molecule has 1 saturated heterocycles. The number of methoxy groups -OCH3 is 1. The molecule has 4 N–H and O–H groups in total. The number of carbonyl (C=O) groups excluding carboxylic acids is 3. The van der Waals surface area contributed by atoms with Gasteiger partial charge in [-0.3, -0.25) is 14.6 Å². The van der Waals surface area contributed by atoms with Crippen LogP contribution in [0, 0.1) is 23.7 Å². The molecular weight excluding hydrogens is 743 g/mol. The Hall–Kier alpha value is -5.92. The van der Waals surface area contributed by atoms with Gasteiger partial charge in [-0.2, -0.15) is 8.78 Å². The number of hydrogen-bond donors (Lipinski definition) is 4. The minimum Gasteiger partial charge on any atom is -0.453 e. The van der Waals surface area contributed by atoms with E-state index in [9.17, 15) is 14.4 Å². The number of hydrogen-bond acceptors (Lipinski definition) is 7. The van der Waals surface area contributed by atoms with E-state index in [1.54, 1.807) is 47.9 Å². The summed E-state index contributed by atoms with van der Waals surface area (Å²) in [6.07, 6.45) is 14.1. The zero-order valence-corrected chi connectivity index (χ0v) is 32.8. The standard InChI is InChI=1S/C30H30F2N6O3.C14H18N2O/c1-16(2)26(37-29(40)41-3)28(39)38-10-4-5-25(38)27-34-14-24(36-27)18-7-9-20-19-8-6-17(23-13-33-15-35-23)11-21(19)30(31,32)22(20)12-18;17-14(13-7-10-3-4-12(13)6-10)16-9-11-2-1-5-15-8-11/h6-9,11-16,25-26H,4-5,10H2,1-3H3,(H,33,35)(H,34,36)(H,37,40);1-2,5,8,10,12-13H,3-4,6-7,9H2,(H,16,17). The minimum atomic E-state index is -3.17. The first-order valence-electron chi connectivity index (χ1n) is 20.0. The van der Waals surface area contributed by atoms with Gasteiger partial charge >= 0.3 is 6.09 Å². The summed E-state index contributed by atoms with van der Waals surface area (Å²) in [6, 6.07) is 12.9. The van der Waals surface area contributed by atoms with Crippen molar-refractivity contribution in [2.24, 2.45) is 23.7 Å². The Bertz CT molecular complexity index is 2280. The topological polar surface area (TPSA) is 158 Å². The Kier molecular flexibility index (Phi) is 10.8. The maximum atomic E-state index is 15.8. The Morgan fingerprint density at radius 2 is 1.71 bits per heavy atom. The van der Waals surface area contributed by atoms with Crippen molar-refractivity contribution in [1.29, 1.82) is 0 Å². The molecule has 5 unspecified atom stereocenters. The quantitative estimate of drug-likeness (QED) is 0.119. The number of fused-ring (bicyclic) bond motifs is 5. The lowest BCUT2D eigenvalue weighted by Gasteiger charge is -2.30. The first-order valence-corrected chi connectivity index (χ1v) is 20.0. The molecule has 3 fully saturated rings. The van der Waals surface area contributed by atoms with Crippen LogP contribution in [0.1, 0.15) is 80.9 Å². The molecule has 58 heavy (non-hydrogen) atoms. The van der Waals surface area contributed by atoms with Crippen molar-refractivity contribution in [2.75, 3.05) is 13.7 Å². The molecule has 2 bridgehead atoms. The summed E-state index contributed by atoms with van der Waals surface area (Å²) in [4.78, 5) is 57.9. The van der Waals surface area contributed by atoms with E-state index in [0.29, 0.717) is 64.9 Å². The maximum Gasteiger partial charge on any atom is 0.407 e. The average molecular weight is 791 g/mol. The fourth-order valence-corrected chi connectivity index (χ4v) is 9.21. The maximum absolute atomic E-state index is 15.8. The van der Waals surface area contributed by atoms with Gasteiger partial charge in [-0.25, -0.2) is 14.8 Å². The lowest BCUT2D eigenvalue weighted by molar-refractivity contribution is -0.135. The van der Waals surface area contributed by atoms with Gasteiger partial charge in [0.25, 0.3) is 5.92 Å². The van der Waals surface area contributed by atoms with Crippen LogP contribution in [-0.2, 0) is 26.8 Å². The molecular formula is C44H48F2N8O4. The van der Waals surface area contributed by atoms with Gasteiger partial charge in [0.15, 0.2) is 0 Å². The van der Waals surface area contributed by atoms with Gasteiger partial charge in [0.05, 0.1) is 43.3 Å². The molecule has 2 aromatic carbocycles. The SMILES string of the molecule is COC(=O)NC(C(=O)N1CCCC1c1ncc(-c2ccc3c(c2)C(F)(F)c2cc(-c4cnc[nH]4)ccc2-3)[nH]1)C(C)C.O=C(NCc1cccnc1)C1CC2CCC1C2. The lowest BCUT2D eigenvalue weighted by Crippen LogP contribution is -2.51. The number of pyridine rings is 1. The third kappa shape index (κ3) is 7.59. The monoisotopic (exact) mass is 790 g/mol. The third-order valence-corrected chi connectivity index (χ3v) is 12.2. The number of amides is 3. The number of nitrogens with zero attached hydrogens (tertiary/aromatic N) is 4. The molecule has 14 heteroatoms. The number of carbonyl (C=O) groups is 3. The second-order valence-corrected chi connectivity index (χ2v) is 16.2. The van der Waals surface area contributed by atoms with Crippen LogP contribution >= 0.6 is 0 Å². The van der Waals surface area contributed by atoms with Gasteiger partial charge in [-0.1, -0.05) is 50.6 Å². The van der Waals surface area contributed by atoms with Crippen molar-refractivity contribution in [1.82, 2.24) is 40.5 Å². The average Bonchev–Trinajstić information content (AvgIpc) is 4.11. The molecule has 5 aromatic rings. The van der Waals surface area contributed by atoms with Gasteiger partial charge in [-0.15, -0.1) is 0 Å². The van der Waals surface area contributed by atoms with E-state index in [0.717, 1.165) is 24.3 Å². The summed E-state index contributed by atoms with van der Waals surface area (Å²) in [5.74, 6) is -0.939. The molecule has 3 aliphatic carbocycles. The number of aromatic nitrogens is 5. The van der Waals surface area contributed by atoms with Crippen molar-refractivity contribution in [2.45, 2.75) is 76.9 Å². The number of alkyl halides is 2. The van der Waals surface area contributed by atoms with Crippen LogP contribution in [0.3, 0.4) is 0 Å². The van der Waals surface area contributed by atoms with Gasteiger partial charge in [0.1, 0.15) is 11.9 Å². The molecule has 4 heterocycles. The summed E-state index contributed by atoms with van der Waals surface area (Å²) >= 11 is 0. The van der Waals surface area contributed by atoms with E-state index < -0.39 is 18.1 Å². The van der Waals surface area contributed by atoms with Crippen LogP contribution in [0.4, 0.5) is 13.6 Å². The van der Waals surface area contributed by atoms with Crippen molar-refractivity contribution >= 4 is 17.9 Å². The fraction of sp³-hybridized carbons (Fsp3) is 0.409. The van der Waals surface area contributed by atoms with Crippen LogP contribution in [0.15, 0.2) is 79.6 Å². The van der Waals surface area contributed by atoms with E-state index in [1.807, 2.05) is 32.0 Å². The third-order valence-electron chi connectivity index (χ3n) is 12.2. The lowest BCUT2D eigenvalue weighted by atomic mass is 9.88. The van der Waals surface area contributed by atoms with Gasteiger partial charge in [0, 0.05) is 53.7 Å². The first-order chi connectivity index (χ1) is 28.0. The Morgan fingerprint density at radius 1 is 0.948 bits per heavy atom. The zero-order valence-electron chi connectivity index (χ0n) is 32.8. The molecule has 9 rings (SSSR count). The molecule has 3 amide bonds. The Morgan fingerprint density at radius 3 is 2.33 bits per heavy atom. The van der Waals surface area contributed by atoms with Crippen LogP contribution in [0.2, 0.25) is 0 Å². The fourth-order valence-electron chi connectivity index (χ4n) is 9.21. The predicted molar refractivity (Wildman–Crippen MR) is 213 cm³/mol. The normalized spacial score (nSPS) is 21.5. The number of benzene rings is 2. The molecule has 1 aliphatic heterocycles. The second-order valence-electron chi connectivity index (χ2n) is 16.2. The van der Waals surface area contributed by atoms with Crippen molar-refractivity contribution < 1.29 is 27.9 Å². The van der Waals surface area contributed by atoms with Crippen LogP contribution in [0.25, 0.3) is 33.6 Å². The predicted octanol–water partition coefficient (Wildman–Crippen LogP) is 7.77. The zero-order chi connectivity index (χ0) is 40.6. The van der Waals surface area contributed by atoms with Crippen LogP contribution in [-0.4, -0.2) is 67.4 Å². The highest BCUT2D eigenvalue weighted by Crippen LogP contribution is 2.53. The molecule has 0 spiro atoms. The number of ether oxygens (including phenoxy) is 1. The number of H-pyrrole nitrogens is 2. The summed E-state index contributed by atoms with van der Waals surface area (Å²) < 4.78 is 36.2. The number of aromatic amines is 2. The highest BCUT2D eigenvalue weighted by Gasteiger charge is 2.45. The minimum absolute atomic E-state index is 0.0394. The van der Waals surface area contributed by atoms with Crippen LogP contribution < -0.4 is 10.6 Å². The summed E-state index contributed by atoms with van der Waals surface area (Å²) in [6.45, 7) is 4.85. The van der Waals surface area contributed by atoms with Crippen molar-refractivity contribution in [3.8, 4) is 33.6 Å². The molecule has 0 radical (unpaired) electrons. The molecule has 302 valence electrons. The number of likely N-dealkylation sites (tertiary alicyclic amines) is 1. The second kappa shape index (κ2) is 16.1. The van der Waals surface area contributed by atoms with Crippen LogP contribution in [0.5, 0.6) is 0 Å². The highest BCUT2D eigenvalue weighted by atomic mass is 19.3. The van der Waals surface area contributed by atoms with Gasteiger partial charge in [0.2, 0.25) is 11.8 Å². The Balaban J connectivity index is 0.000000229. The number of nitrogens with one attached hydrogen (secondary N) is 4. The van der Waals surface area contributed by atoms with E-state index in [-0.39, 0.29) is 40.8 Å². The van der Waals surface area contributed by atoms with Crippen molar-refractivity contribution in [3.63, 3.8) is 0 Å². The largest absolute Gasteiger partial charge is 0.453 e. The van der Waals surface area contributed by atoms with E-state index in [4.69, 9.17) is 4.74 Å². The number of halogens is 2. The molecule has 5 atom stereocenters. The molecule has 3 aromatic heterocycles. The molecule has 4 aliphatic rings. The summed E-state index contributed by atoms with van der Waals surface area (Å²) in [7, 11) is 1.26. The summed E-state index contributed by atoms with van der Waals surface area (Å²) in [5.41, 5.74) is 4.45. The molecule has 2 saturated carbocycles.